The Morgan fingerprint density at radius 2 is 2.04 bits per heavy atom. The van der Waals surface area contributed by atoms with Gasteiger partial charge in [0.15, 0.2) is 0 Å². The van der Waals surface area contributed by atoms with E-state index in [0.29, 0.717) is 22.0 Å². The predicted octanol–water partition coefficient (Wildman–Crippen LogP) is 4.96. The van der Waals surface area contributed by atoms with Crippen molar-refractivity contribution in [2.45, 2.75) is 52.2 Å². The van der Waals surface area contributed by atoms with Crippen LogP contribution in [0.1, 0.15) is 51.6 Å². The van der Waals surface area contributed by atoms with Crippen molar-refractivity contribution in [3.05, 3.63) is 44.9 Å². The number of carbonyl (C=O) groups excluding carboxylic acids is 1. The lowest BCUT2D eigenvalue weighted by Gasteiger charge is -2.34. The maximum Gasteiger partial charge on any atom is 0.216 e. The number of H-pyrrole nitrogens is 1. The third-order valence-corrected chi connectivity index (χ3v) is 5.21. The number of nitrogens with zero attached hydrogens (tertiary/aromatic N) is 2. The van der Waals surface area contributed by atoms with Gasteiger partial charge < -0.3 is 5.11 Å². The minimum atomic E-state index is -0.829. The van der Waals surface area contributed by atoms with Gasteiger partial charge in [-0.25, -0.2) is 4.98 Å². The van der Waals surface area contributed by atoms with Crippen LogP contribution in [0.2, 0.25) is 10.0 Å². The van der Waals surface area contributed by atoms with E-state index in [1.807, 2.05) is 27.7 Å². The fourth-order valence-corrected chi connectivity index (χ4v) is 3.72. The highest BCUT2D eigenvalue weighted by atomic mass is 35.5. The third kappa shape index (κ3) is 4.36. The van der Waals surface area contributed by atoms with Gasteiger partial charge in [0.25, 0.3) is 0 Å². The first-order valence-electron chi connectivity index (χ1n) is 8.37. The maximum absolute atomic E-state index is 13.4. The van der Waals surface area contributed by atoms with Gasteiger partial charge in [-0.15, -0.1) is 0 Å². The van der Waals surface area contributed by atoms with E-state index in [4.69, 9.17) is 35.4 Å². The summed E-state index contributed by atoms with van der Waals surface area (Å²) in [6.45, 7) is 7.37. The second-order valence-corrected chi connectivity index (χ2v) is 8.47. The molecule has 1 aromatic heterocycles. The number of carbonyl (C=O) groups is 1. The van der Waals surface area contributed by atoms with Gasteiger partial charge in [-0.3, -0.25) is 14.6 Å². The molecule has 0 aliphatic rings. The molecular formula is C18H23Cl2N3O2S. The Morgan fingerprint density at radius 3 is 2.50 bits per heavy atom. The molecule has 1 aromatic carbocycles. The van der Waals surface area contributed by atoms with Gasteiger partial charge in [0.1, 0.15) is 12.1 Å². The number of hydrogen-bond acceptors (Lipinski definition) is 4. The topological polar surface area (TPSA) is 70.9 Å². The van der Waals surface area contributed by atoms with E-state index >= 15 is 0 Å². The number of aliphatic hydroxyl groups is 1. The number of rotatable bonds is 6. The number of aromatic nitrogens is 3. The standard InChI is InChI=1S/C18H23Cl2N3O2S/c1-5-13(24)15(23-17(26)21-9-22-23)14(16(25)18(2,3)4)11-7-6-10(19)8-12(11)20/h6-9,13-15,24H,5H2,1-4H3,(H,21,22,26)/t13-,14-,15+/m0/s1. The van der Waals surface area contributed by atoms with Crippen molar-refractivity contribution in [3.8, 4) is 0 Å². The second-order valence-electron chi connectivity index (χ2n) is 7.26. The lowest BCUT2D eigenvalue weighted by Crippen LogP contribution is -2.39. The van der Waals surface area contributed by atoms with Gasteiger partial charge in [0.2, 0.25) is 4.77 Å². The highest BCUT2D eigenvalue weighted by Gasteiger charge is 2.41. The normalized spacial score (nSPS) is 15.5. The Morgan fingerprint density at radius 1 is 1.38 bits per heavy atom. The van der Waals surface area contributed by atoms with E-state index in [0.717, 1.165) is 0 Å². The summed E-state index contributed by atoms with van der Waals surface area (Å²) < 4.78 is 1.82. The van der Waals surface area contributed by atoms with Crippen LogP contribution in [0, 0.1) is 10.2 Å². The fourth-order valence-electron chi connectivity index (χ4n) is 2.96. The van der Waals surface area contributed by atoms with E-state index in [1.165, 1.54) is 6.33 Å². The molecule has 0 saturated carbocycles. The number of aliphatic hydroxyl groups excluding tert-OH is 1. The molecule has 1 heterocycles. The van der Waals surface area contributed by atoms with Gasteiger partial charge in [-0.05, 0) is 36.3 Å². The summed E-state index contributed by atoms with van der Waals surface area (Å²) in [5.41, 5.74) is -0.0494. The Hall–Kier alpha value is -1.21. The zero-order valence-electron chi connectivity index (χ0n) is 15.2. The van der Waals surface area contributed by atoms with Gasteiger partial charge >= 0.3 is 0 Å². The van der Waals surface area contributed by atoms with E-state index in [9.17, 15) is 9.90 Å². The van der Waals surface area contributed by atoms with Crippen LogP contribution in [-0.4, -0.2) is 31.8 Å². The largest absolute Gasteiger partial charge is 0.391 e. The lowest BCUT2D eigenvalue weighted by molar-refractivity contribution is -0.130. The summed E-state index contributed by atoms with van der Waals surface area (Å²) in [4.78, 5) is 17.4. The molecule has 0 radical (unpaired) electrons. The van der Waals surface area contributed by atoms with E-state index < -0.39 is 23.5 Å². The Kier molecular flexibility index (Phi) is 6.66. The number of Topliss-reactive ketones (excluding diaryl/α,β-unsaturated/α-hetero) is 1. The predicted molar refractivity (Wildman–Crippen MR) is 106 cm³/mol. The molecule has 2 rings (SSSR count). The molecule has 8 heteroatoms. The number of ketones is 1. The molecule has 2 aromatic rings. The van der Waals surface area contributed by atoms with Crippen LogP contribution in [0.5, 0.6) is 0 Å². The molecule has 2 N–H and O–H groups in total. The molecule has 0 aliphatic carbocycles. The van der Waals surface area contributed by atoms with Crippen molar-refractivity contribution in [1.29, 1.82) is 0 Å². The van der Waals surface area contributed by atoms with Crippen LogP contribution in [0.15, 0.2) is 24.5 Å². The molecule has 26 heavy (non-hydrogen) atoms. The molecule has 0 fully saturated rings. The monoisotopic (exact) mass is 415 g/mol. The van der Waals surface area contributed by atoms with Crippen molar-refractivity contribution in [3.63, 3.8) is 0 Å². The summed E-state index contributed by atoms with van der Waals surface area (Å²) in [6.07, 6.45) is 1.05. The first-order valence-corrected chi connectivity index (χ1v) is 9.53. The molecule has 0 bridgehead atoms. The number of nitrogens with one attached hydrogen (secondary N) is 1. The SMILES string of the molecule is CC[C@H](O)[C@H]([C@@H](C(=O)C(C)(C)C)c1ccc(Cl)cc1Cl)n1[nH]cnc1=S. The van der Waals surface area contributed by atoms with Crippen LogP contribution in [0.3, 0.4) is 0 Å². The third-order valence-electron chi connectivity index (χ3n) is 4.35. The summed E-state index contributed by atoms with van der Waals surface area (Å²) in [6, 6.07) is 4.35. The molecule has 3 atom stereocenters. The van der Waals surface area contributed by atoms with Gasteiger partial charge in [0.05, 0.1) is 18.1 Å². The molecule has 0 spiro atoms. The van der Waals surface area contributed by atoms with Gasteiger partial charge in [-0.1, -0.05) is 57.0 Å². The summed E-state index contributed by atoms with van der Waals surface area (Å²) in [7, 11) is 0. The van der Waals surface area contributed by atoms with Crippen LogP contribution >= 0.6 is 35.4 Å². The van der Waals surface area contributed by atoms with Crippen LogP contribution in [0.25, 0.3) is 0 Å². The maximum atomic E-state index is 13.4. The number of benzene rings is 1. The van der Waals surface area contributed by atoms with E-state index in [1.54, 1.807) is 22.9 Å². The van der Waals surface area contributed by atoms with Gasteiger partial charge in [0, 0.05) is 15.5 Å². The van der Waals surface area contributed by atoms with Crippen LogP contribution < -0.4 is 0 Å². The second kappa shape index (κ2) is 8.21. The first-order chi connectivity index (χ1) is 12.1. The Balaban J connectivity index is 2.73. The van der Waals surface area contributed by atoms with Gasteiger partial charge in [-0.2, -0.15) is 0 Å². The minimum Gasteiger partial charge on any atom is -0.391 e. The highest BCUT2D eigenvalue weighted by Crippen LogP contribution is 2.41. The van der Waals surface area contributed by atoms with Crippen molar-refractivity contribution in [1.82, 2.24) is 14.8 Å². The molecule has 5 nitrogen and oxygen atoms in total. The highest BCUT2D eigenvalue weighted by molar-refractivity contribution is 7.71. The Labute approximate surface area is 168 Å². The molecule has 0 amide bonds. The molecule has 142 valence electrons. The minimum absolute atomic E-state index is 0.0595. The smallest absolute Gasteiger partial charge is 0.216 e. The zero-order chi connectivity index (χ0) is 19.6. The van der Waals surface area contributed by atoms with Crippen molar-refractivity contribution in [2.24, 2.45) is 5.41 Å². The fraction of sp³-hybridized carbons (Fsp3) is 0.500. The van der Waals surface area contributed by atoms with Crippen molar-refractivity contribution >= 4 is 41.2 Å². The number of hydrogen-bond donors (Lipinski definition) is 2. The summed E-state index contributed by atoms with van der Waals surface area (Å²) in [5.74, 6) is -0.780. The molecular weight excluding hydrogens is 393 g/mol. The van der Waals surface area contributed by atoms with E-state index in [2.05, 4.69) is 10.1 Å². The summed E-state index contributed by atoms with van der Waals surface area (Å²) in [5, 5.41) is 14.6. The first kappa shape index (κ1) is 21.1. The molecule has 0 unspecified atom stereocenters. The quantitative estimate of drug-likeness (QED) is 0.653. The average molecular weight is 416 g/mol. The lowest BCUT2D eigenvalue weighted by atomic mass is 9.75. The van der Waals surface area contributed by atoms with Crippen LogP contribution in [0.4, 0.5) is 0 Å². The average Bonchev–Trinajstić information content (AvgIpc) is 2.97. The molecule has 0 saturated heterocycles. The number of aromatic amines is 1. The van der Waals surface area contributed by atoms with E-state index in [-0.39, 0.29) is 10.6 Å². The zero-order valence-corrected chi connectivity index (χ0v) is 17.5. The van der Waals surface area contributed by atoms with Crippen LogP contribution in [-0.2, 0) is 4.79 Å². The number of halogens is 2. The molecule has 0 aliphatic heterocycles. The van der Waals surface area contributed by atoms with Crippen molar-refractivity contribution in [2.75, 3.05) is 0 Å². The summed E-state index contributed by atoms with van der Waals surface area (Å²) >= 11 is 17.7. The van der Waals surface area contributed by atoms with Crippen molar-refractivity contribution < 1.29 is 9.90 Å². The Bertz CT molecular complexity index is 841.